The third-order valence-corrected chi connectivity index (χ3v) is 4.83. The van der Waals surface area contributed by atoms with E-state index in [2.05, 4.69) is 25.9 Å². The number of carbonyl (C=O) groups is 1. The van der Waals surface area contributed by atoms with Gasteiger partial charge in [0.15, 0.2) is 0 Å². The van der Waals surface area contributed by atoms with E-state index in [-0.39, 0.29) is 6.03 Å². The number of nitrogens with one attached hydrogen (secondary N) is 3. The minimum Gasteiger partial charge on any atom is -0.365 e. The van der Waals surface area contributed by atoms with Gasteiger partial charge in [-0.25, -0.2) is 14.8 Å². The van der Waals surface area contributed by atoms with Gasteiger partial charge in [0.2, 0.25) is 0 Å². The lowest BCUT2D eigenvalue weighted by atomic mass is 10.1. The molecule has 1 heterocycles. The second-order valence-electron chi connectivity index (χ2n) is 7.19. The van der Waals surface area contributed by atoms with Crippen molar-refractivity contribution in [3.8, 4) is 0 Å². The van der Waals surface area contributed by atoms with Gasteiger partial charge in [0.05, 0.1) is 5.52 Å². The number of urea groups is 1. The van der Waals surface area contributed by atoms with E-state index >= 15 is 0 Å². The SMILES string of the molecule is Cc1ccc(C)c(NC(=O)Nc2cccc(CNc3ncnc4ccccc34)c2)c1. The molecule has 3 aromatic carbocycles. The molecule has 0 aliphatic rings. The fraction of sp³-hybridized carbons (Fsp3) is 0.125. The molecule has 0 saturated heterocycles. The van der Waals surface area contributed by atoms with Crippen LogP contribution >= 0.6 is 0 Å². The highest BCUT2D eigenvalue weighted by atomic mass is 16.2. The smallest absolute Gasteiger partial charge is 0.323 e. The van der Waals surface area contributed by atoms with E-state index in [0.717, 1.165) is 44.8 Å². The van der Waals surface area contributed by atoms with Crippen LogP contribution in [0.15, 0.2) is 73.1 Å². The van der Waals surface area contributed by atoms with Crippen LogP contribution in [-0.4, -0.2) is 16.0 Å². The monoisotopic (exact) mass is 397 g/mol. The number of nitrogens with zero attached hydrogens (tertiary/aromatic N) is 2. The molecular formula is C24H23N5O. The van der Waals surface area contributed by atoms with Gasteiger partial charge in [-0.2, -0.15) is 0 Å². The number of amides is 2. The fourth-order valence-corrected chi connectivity index (χ4v) is 3.25. The maximum atomic E-state index is 12.4. The molecule has 4 rings (SSSR count). The summed E-state index contributed by atoms with van der Waals surface area (Å²) in [5, 5.41) is 10.1. The zero-order valence-corrected chi connectivity index (χ0v) is 16.9. The lowest BCUT2D eigenvalue weighted by Gasteiger charge is -2.12. The number of aromatic nitrogens is 2. The van der Waals surface area contributed by atoms with Gasteiger partial charge in [0.25, 0.3) is 0 Å². The summed E-state index contributed by atoms with van der Waals surface area (Å²) in [6, 6.07) is 21.3. The van der Waals surface area contributed by atoms with Crippen LogP contribution in [-0.2, 0) is 6.54 Å². The molecule has 0 aliphatic carbocycles. The molecule has 3 N–H and O–H groups in total. The van der Waals surface area contributed by atoms with Crippen LogP contribution in [0.2, 0.25) is 0 Å². The molecule has 0 unspecified atom stereocenters. The first-order chi connectivity index (χ1) is 14.6. The molecule has 0 bridgehead atoms. The molecule has 150 valence electrons. The van der Waals surface area contributed by atoms with Gasteiger partial charge >= 0.3 is 6.03 Å². The van der Waals surface area contributed by atoms with Crippen LogP contribution < -0.4 is 16.0 Å². The molecular weight excluding hydrogens is 374 g/mol. The summed E-state index contributed by atoms with van der Waals surface area (Å²) >= 11 is 0. The number of aryl methyl sites for hydroxylation is 2. The number of rotatable bonds is 5. The maximum Gasteiger partial charge on any atom is 0.323 e. The largest absolute Gasteiger partial charge is 0.365 e. The Kier molecular flexibility index (Phi) is 5.57. The highest BCUT2D eigenvalue weighted by Gasteiger charge is 2.07. The minimum absolute atomic E-state index is 0.268. The van der Waals surface area contributed by atoms with Crippen molar-refractivity contribution in [1.82, 2.24) is 9.97 Å². The van der Waals surface area contributed by atoms with Crippen LogP contribution in [0, 0.1) is 13.8 Å². The molecule has 6 nitrogen and oxygen atoms in total. The number of hydrogen-bond donors (Lipinski definition) is 3. The van der Waals surface area contributed by atoms with E-state index in [4.69, 9.17) is 0 Å². The van der Waals surface area contributed by atoms with Crippen molar-refractivity contribution >= 4 is 34.1 Å². The van der Waals surface area contributed by atoms with Crippen molar-refractivity contribution in [3.63, 3.8) is 0 Å². The van der Waals surface area contributed by atoms with E-state index in [9.17, 15) is 4.79 Å². The summed E-state index contributed by atoms with van der Waals surface area (Å²) in [5.41, 5.74) is 5.58. The van der Waals surface area contributed by atoms with Crippen LogP contribution in [0.4, 0.5) is 22.0 Å². The summed E-state index contributed by atoms with van der Waals surface area (Å²) in [6.07, 6.45) is 1.56. The number of para-hydroxylation sites is 1. The third kappa shape index (κ3) is 4.55. The number of fused-ring (bicyclic) bond motifs is 1. The van der Waals surface area contributed by atoms with E-state index in [1.54, 1.807) is 6.33 Å². The molecule has 2 amide bonds. The van der Waals surface area contributed by atoms with Crippen molar-refractivity contribution in [2.24, 2.45) is 0 Å². The zero-order valence-electron chi connectivity index (χ0n) is 16.9. The highest BCUT2D eigenvalue weighted by molar-refractivity contribution is 6.00. The number of carbonyl (C=O) groups excluding carboxylic acids is 1. The lowest BCUT2D eigenvalue weighted by molar-refractivity contribution is 0.262. The molecule has 30 heavy (non-hydrogen) atoms. The Hall–Kier alpha value is -3.93. The summed E-state index contributed by atoms with van der Waals surface area (Å²) in [5.74, 6) is 0.784. The normalized spacial score (nSPS) is 10.6. The fourth-order valence-electron chi connectivity index (χ4n) is 3.25. The highest BCUT2D eigenvalue weighted by Crippen LogP contribution is 2.20. The molecule has 1 aromatic heterocycles. The van der Waals surface area contributed by atoms with Crippen molar-refractivity contribution in [1.29, 1.82) is 0 Å². The Morgan fingerprint density at radius 2 is 1.77 bits per heavy atom. The molecule has 0 spiro atoms. The maximum absolute atomic E-state index is 12.4. The zero-order chi connectivity index (χ0) is 20.9. The van der Waals surface area contributed by atoms with Crippen molar-refractivity contribution < 1.29 is 4.79 Å². The van der Waals surface area contributed by atoms with Crippen LogP contribution in [0.5, 0.6) is 0 Å². The van der Waals surface area contributed by atoms with E-state index < -0.39 is 0 Å². The Balaban J connectivity index is 1.42. The Labute approximate surface area is 175 Å². The Morgan fingerprint density at radius 1 is 0.900 bits per heavy atom. The molecule has 6 heteroatoms. The second kappa shape index (κ2) is 8.61. The lowest BCUT2D eigenvalue weighted by Crippen LogP contribution is -2.20. The van der Waals surface area contributed by atoms with Crippen molar-refractivity contribution in [2.75, 3.05) is 16.0 Å². The molecule has 0 atom stereocenters. The standard InChI is InChI=1S/C24H23N5O/c1-16-10-11-17(2)22(12-16)29-24(30)28-19-7-5-6-18(13-19)14-25-23-20-8-3-4-9-21(20)26-15-27-23/h3-13,15H,14H2,1-2H3,(H,25,26,27)(H2,28,29,30). The van der Waals surface area contributed by atoms with Crippen molar-refractivity contribution in [2.45, 2.75) is 20.4 Å². The van der Waals surface area contributed by atoms with Crippen LogP contribution in [0.1, 0.15) is 16.7 Å². The van der Waals surface area contributed by atoms with E-state index in [0.29, 0.717) is 6.54 Å². The van der Waals surface area contributed by atoms with Gasteiger partial charge in [0.1, 0.15) is 12.1 Å². The van der Waals surface area contributed by atoms with Crippen LogP contribution in [0.3, 0.4) is 0 Å². The van der Waals surface area contributed by atoms with Gasteiger partial charge in [-0.15, -0.1) is 0 Å². The predicted octanol–water partition coefficient (Wildman–Crippen LogP) is 5.50. The first-order valence-electron chi connectivity index (χ1n) is 9.76. The first-order valence-corrected chi connectivity index (χ1v) is 9.76. The van der Waals surface area contributed by atoms with E-state index in [1.165, 1.54) is 0 Å². The van der Waals surface area contributed by atoms with Gasteiger partial charge < -0.3 is 16.0 Å². The summed E-state index contributed by atoms with van der Waals surface area (Å²) in [4.78, 5) is 21.1. The molecule has 0 aliphatic heterocycles. The number of hydrogen-bond acceptors (Lipinski definition) is 4. The topological polar surface area (TPSA) is 78.9 Å². The van der Waals surface area contributed by atoms with Gasteiger partial charge in [0, 0.05) is 23.3 Å². The minimum atomic E-state index is -0.268. The average molecular weight is 397 g/mol. The molecule has 0 saturated carbocycles. The summed E-state index contributed by atoms with van der Waals surface area (Å²) < 4.78 is 0. The van der Waals surface area contributed by atoms with Crippen LogP contribution in [0.25, 0.3) is 10.9 Å². The first kappa shape index (κ1) is 19.4. The van der Waals surface area contributed by atoms with Crippen molar-refractivity contribution in [3.05, 3.63) is 89.7 Å². The van der Waals surface area contributed by atoms with Gasteiger partial charge in [-0.05, 0) is 60.9 Å². The number of anilines is 3. The summed E-state index contributed by atoms with van der Waals surface area (Å²) in [7, 11) is 0. The molecule has 4 aromatic rings. The Bertz CT molecular complexity index is 1200. The van der Waals surface area contributed by atoms with E-state index in [1.807, 2.05) is 80.6 Å². The van der Waals surface area contributed by atoms with Gasteiger partial charge in [-0.1, -0.05) is 36.4 Å². The molecule has 0 radical (unpaired) electrons. The van der Waals surface area contributed by atoms with Gasteiger partial charge in [-0.3, -0.25) is 0 Å². The number of benzene rings is 3. The summed E-state index contributed by atoms with van der Waals surface area (Å²) in [6.45, 7) is 4.55. The Morgan fingerprint density at radius 3 is 2.67 bits per heavy atom. The average Bonchev–Trinajstić information content (AvgIpc) is 2.75. The molecule has 0 fully saturated rings. The second-order valence-corrected chi connectivity index (χ2v) is 7.19. The third-order valence-electron chi connectivity index (χ3n) is 4.83. The quantitative estimate of drug-likeness (QED) is 0.415. The predicted molar refractivity (Wildman–Crippen MR) is 122 cm³/mol.